The lowest BCUT2D eigenvalue weighted by Gasteiger charge is -2.12. The smallest absolute Gasteiger partial charge is 0.169 e. The van der Waals surface area contributed by atoms with Crippen molar-refractivity contribution in [2.24, 2.45) is 5.16 Å². The van der Waals surface area contributed by atoms with E-state index in [-0.39, 0.29) is 19.0 Å². The van der Waals surface area contributed by atoms with Gasteiger partial charge in [-0.1, -0.05) is 5.16 Å². The van der Waals surface area contributed by atoms with Crippen LogP contribution in [0.5, 0.6) is 11.5 Å². The summed E-state index contributed by atoms with van der Waals surface area (Å²) in [5, 5.41) is 3.77. The molecule has 0 bridgehead atoms. The number of ether oxygens (including phenoxy) is 2. The highest BCUT2D eigenvalue weighted by molar-refractivity contribution is 9.28. The van der Waals surface area contributed by atoms with Crippen molar-refractivity contribution >= 4 is 37.6 Å². The van der Waals surface area contributed by atoms with E-state index in [1.165, 1.54) is 6.07 Å². The summed E-state index contributed by atoms with van der Waals surface area (Å²) >= 11 is 6.44. The Morgan fingerprint density at radius 2 is 1.95 bits per heavy atom. The molecule has 0 unspecified atom stereocenters. The molecule has 122 valence electrons. The molecule has 0 N–H and O–H groups in total. The first-order chi connectivity index (χ1) is 10.4. The van der Waals surface area contributed by atoms with Crippen molar-refractivity contribution in [1.82, 2.24) is 0 Å². The maximum absolute atomic E-state index is 14.0. The van der Waals surface area contributed by atoms with Crippen LogP contribution in [-0.4, -0.2) is 25.5 Å². The maximum atomic E-state index is 14.0. The molecule has 4 nitrogen and oxygen atoms in total. The summed E-state index contributed by atoms with van der Waals surface area (Å²) in [6, 6.07) is 3.02. The van der Waals surface area contributed by atoms with Crippen LogP contribution in [0.3, 0.4) is 0 Å². The highest BCUT2D eigenvalue weighted by atomic mass is 79.9. The highest BCUT2D eigenvalue weighted by Gasteiger charge is 2.10. The van der Waals surface area contributed by atoms with E-state index in [2.05, 4.69) is 37.0 Å². The van der Waals surface area contributed by atoms with Gasteiger partial charge in [0.25, 0.3) is 0 Å². The first-order valence-corrected chi connectivity index (χ1v) is 8.19. The second kappa shape index (κ2) is 9.84. The molecule has 1 rings (SSSR count). The Balaban J connectivity index is 2.58. The number of benzene rings is 1. The van der Waals surface area contributed by atoms with Gasteiger partial charge in [-0.05, 0) is 70.3 Å². The minimum Gasteiger partial charge on any atom is -0.489 e. The zero-order valence-electron chi connectivity index (χ0n) is 12.7. The average Bonchev–Trinajstić information content (AvgIpc) is 2.40. The first-order valence-electron chi connectivity index (χ1n) is 6.60. The normalized spacial score (nSPS) is 9.91. The van der Waals surface area contributed by atoms with E-state index >= 15 is 0 Å². The number of hydrogen-bond donors (Lipinski definition) is 0. The molecule has 0 aliphatic rings. The topological polar surface area (TPSA) is 40.0 Å². The SMILES string of the molecule is CC(C)=NOCCOc1c(C)cc(OCC=C(Br)Br)cc1F. The van der Waals surface area contributed by atoms with Crippen molar-refractivity contribution in [1.29, 1.82) is 0 Å². The lowest BCUT2D eigenvalue weighted by molar-refractivity contribution is 0.105. The van der Waals surface area contributed by atoms with Crippen LogP contribution >= 0.6 is 31.9 Å². The number of oxime groups is 1. The third-order valence-corrected chi connectivity index (χ3v) is 3.01. The van der Waals surface area contributed by atoms with Gasteiger partial charge in [-0.25, -0.2) is 4.39 Å². The zero-order chi connectivity index (χ0) is 16.5. The summed E-state index contributed by atoms with van der Waals surface area (Å²) < 4.78 is 25.6. The van der Waals surface area contributed by atoms with Crippen LogP contribution in [0, 0.1) is 12.7 Å². The number of nitrogens with zero attached hydrogens (tertiary/aromatic N) is 1. The van der Waals surface area contributed by atoms with Crippen LogP contribution in [-0.2, 0) is 4.84 Å². The van der Waals surface area contributed by atoms with Gasteiger partial charge < -0.3 is 14.3 Å². The molecular formula is C15H18Br2FNO3. The number of rotatable bonds is 8. The lowest BCUT2D eigenvalue weighted by Crippen LogP contribution is -2.07. The van der Waals surface area contributed by atoms with E-state index in [4.69, 9.17) is 14.3 Å². The Labute approximate surface area is 146 Å². The monoisotopic (exact) mass is 437 g/mol. The van der Waals surface area contributed by atoms with Crippen molar-refractivity contribution < 1.29 is 18.7 Å². The van der Waals surface area contributed by atoms with Gasteiger partial charge in [-0.3, -0.25) is 0 Å². The molecule has 0 radical (unpaired) electrons. The van der Waals surface area contributed by atoms with Gasteiger partial charge in [0.2, 0.25) is 0 Å². The Morgan fingerprint density at radius 3 is 2.55 bits per heavy atom. The predicted octanol–water partition coefficient (Wildman–Crippen LogP) is 4.94. The fourth-order valence-corrected chi connectivity index (χ4v) is 1.79. The van der Waals surface area contributed by atoms with Crippen LogP contribution in [0.15, 0.2) is 26.8 Å². The Hall–Kier alpha value is -1.08. The first kappa shape index (κ1) is 19.0. The van der Waals surface area contributed by atoms with Crippen LogP contribution in [0.1, 0.15) is 19.4 Å². The van der Waals surface area contributed by atoms with E-state index in [0.717, 1.165) is 9.10 Å². The number of halogens is 3. The van der Waals surface area contributed by atoms with Crippen LogP contribution in [0.25, 0.3) is 0 Å². The largest absolute Gasteiger partial charge is 0.489 e. The summed E-state index contributed by atoms with van der Waals surface area (Å²) in [4.78, 5) is 5.00. The van der Waals surface area contributed by atoms with Gasteiger partial charge in [0.15, 0.2) is 18.2 Å². The summed E-state index contributed by atoms with van der Waals surface area (Å²) in [5.74, 6) is 0.180. The van der Waals surface area contributed by atoms with Crippen LogP contribution < -0.4 is 9.47 Å². The quantitative estimate of drug-likeness (QED) is 0.328. The average molecular weight is 439 g/mol. The van der Waals surface area contributed by atoms with Crippen LogP contribution in [0.2, 0.25) is 0 Å². The Kier molecular flexibility index (Phi) is 8.48. The molecule has 7 heteroatoms. The molecule has 0 fully saturated rings. The van der Waals surface area contributed by atoms with Gasteiger partial charge in [-0.2, -0.15) is 0 Å². The summed E-state index contributed by atoms with van der Waals surface area (Å²) in [6.45, 7) is 6.21. The standard InChI is InChI=1S/C15H18Br2FNO3/c1-10(2)19-22-7-6-21-15-11(3)8-12(9-13(15)18)20-5-4-14(16)17/h4,8-9H,5-7H2,1-3H3. The summed E-state index contributed by atoms with van der Waals surface area (Å²) in [5.41, 5.74) is 1.47. The molecule has 0 aromatic heterocycles. The van der Waals surface area contributed by atoms with Gasteiger partial charge >= 0.3 is 0 Å². The second-order valence-corrected chi connectivity index (χ2v) is 7.35. The van der Waals surface area contributed by atoms with Crippen molar-refractivity contribution in [2.75, 3.05) is 19.8 Å². The maximum Gasteiger partial charge on any atom is 0.169 e. The fraction of sp³-hybridized carbons (Fsp3) is 0.400. The molecule has 0 saturated carbocycles. The van der Waals surface area contributed by atoms with Crippen molar-refractivity contribution in [3.05, 3.63) is 33.0 Å². The van der Waals surface area contributed by atoms with Gasteiger partial charge in [0.1, 0.15) is 19.0 Å². The third-order valence-electron chi connectivity index (χ3n) is 2.36. The number of aryl methyl sites for hydroxylation is 1. The van der Waals surface area contributed by atoms with E-state index in [1.54, 1.807) is 19.1 Å². The molecule has 0 atom stereocenters. The molecule has 0 heterocycles. The summed E-state index contributed by atoms with van der Waals surface area (Å²) in [7, 11) is 0. The third kappa shape index (κ3) is 7.26. The molecule has 0 amide bonds. The van der Waals surface area contributed by atoms with Gasteiger partial charge in [0.05, 0.1) is 9.10 Å². The second-order valence-electron chi connectivity index (χ2n) is 4.58. The van der Waals surface area contributed by atoms with E-state index < -0.39 is 5.82 Å². The highest BCUT2D eigenvalue weighted by Crippen LogP contribution is 2.28. The fourth-order valence-electron chi connectivity index (χ4n) is 1.52. The molecular weight excluding hydrogens is 421 g/mol. The Morgan fingerprint density at radius 1 is 1.23 bits per heavy atom. The van der Waals surface area contributed by atoms with E-state index in [1.807, 2.05) is 13.8 Å². The molecule has 1 aromatic carbocycles. The molecule has 0 aliphatic heterocycles. The van der Waals surface area contributed by atoms with E-state index in [0.29, 0.717) is 17.9 Å². The minimum absolute atomic E-state index is 0.199. The lowest BCUT2D eigenvalue weighted by atomic mass is 10.2. The van der Waals surface area contributed by atoms with Gasteiger partial charge in [0, 0.05) is 6.07 Å². The van der Waals surface area contributed by atoms with Crippen LogP contribution in [0.4, 0.5) is 4.39 Å². The molecule has 0 spiro atoms. The summed E-state index contributed by atoms with van der Waals surface area (Å²) in [6.07, 6.45) is 1.77. The molecule has 22 heavy (non-hydrogen) atoms. The van der Waals surface area contributed by atoms with Crippen molar-refractivity contribution in [2.45, 2.75) is 20.8 Å². The van der Waals surface area contributed by atoms with E-state index in [9.17, 15) is 4.39 Å². The Bertz CT molecular complexity index is 531. The minimum atomic E-state index is -0.466. The van der Waals surface area contributed by atoms with Crippen molar-refractivity contribution in [3.63, 3.8) is 0 Å². The molecule has 0 saturated heterocycles. The predicted molar refractivity (Wildman–Crippen MR) is 92.8 cm³/mol. The van der Waals surface area contributed by atoms with Crippen molar-refractivity contribution in [3.8, 4) is 11.5 Å². The molecule has 0 aliphatic carbocycles. The van der Waals surface area contributed by atoms with Gasteiger partial charge in [-0.15, -0.1) is 0 Å². The molecule has 1 aromatic rings. The number of hydrogen-bond acceptors (Lipinski definition) is 4. The zero-order valence-corrected chi connectivity index (χ0v) is 15.8.